The third kappa shape index (κ3) is 4.45. The zero-order valence-electron chi connectivity index (χ0n) is 16.7. The molecular formula is C22H30N4O2. The maximum Gasteiger partial charge on any atom is 0.320 e. The van der Waals surface area contributed by atoms with Crippen LogP contribution in [0.3, 0.4) is 0 Å². The van der Waals surface area contributed by atoms with Gasteiger partial charge in [-0.05, 0) is 37.6 Å². The Morgan fingerprint density at radius 1 is 1.18 bits per heavy atom. The fourth-order valence-electron chi connectivity index (χ4n) is 4.41. The van der Waals surface area contributed by atoms with Crippen LogP contribution in [0.4, 0.5) is 4.79 Å². The lowest BCUT2D eigenvalue weighted by molar-refractivity contribution is 0.0205. The van der Waals surface area contributed by atoms with Crippen molar-refractivity contribution in [3.8, 4) is 0 Å². The third-order valence-electron chi connectivity index (χ3n) is 6.00. The zero-order valence-corrected chi connectivity index (χ0v) is 16.7. The summed E-state index contributed by atoms with van der Waals surface area (Å²) in [5.41, 5.74) is 2.77. The number of hydrogen-bond acceptors (Lipinski definition) is 4. The van der Waals surface area contributed by atoms with Gasteiger partial charge in [0.05, 0.1) is 13.2 Å². The maximum atomic E-state index is 13.0. The normalized spacial score (nSPS) is 25.8. The average molecular weight is 383 g/mol. The van der Waals surface area contributed by atoms with Crippen LogP contribution in [0.25, 0.3) is 0 Å². The number of amides is 2. The van der Waals surface area contributed by atoms with Crippen molar-refractivity contribution in [2.24, 2.45) is 5.41 Å². The molecule has 4 heterocycles. The fraction of sp³-hybridized carbons (Fsp3) is 0.545. The van der Waals surface area contributed by atoms with E-state index in [1.807, 2.05) is 22.2 Å². The number of aromatic nitrogens is 1. The lowest BCUT2D eigenvalue weighted by Crippen LogP contribution is -2.62. The molecule has 0 unspecified atom stereocenters. The predicted molar refractivity (Wildman–Crippen MR) is 109 cm³/mol. The monoisotopic (exact) mass is 382 g/mol. The van der Waals surface area contributed by atoms with Gasteiger partial charge in [-0.15, -0.1) is 0 Å². The van der Waals surface area contributed by atoms with Crippen molar-refractivity contribution in [2.45, 2.75) is 19.9 Å². The van der Waals surface area contributed by atoms with Crippen LogP contribution in [-0.2, 0) is 11.3 Å². The van der Waals surface area contributed by atoms with Crippen molar-refractivity contribution in [1.29, 1.82) is 0 Å². The molecular weight excluding hydrogens is 352 g/mol. The molecule has 6 heteroatoms. The van der Waals surface area contributed by atoms with E-state index in [0.29, 0.717) is 26.3 Å². The number of pyridine rings is 1. The summed E-state index contributed by atoms with van der Waals surface area (Å²) < 4.78 is 5.62. The molecule has 1 aromatic rings. The second kappa shape index (κ2) is 8.45. The molecule has 0 atom stereocenters. The lowest BCUT2D eigenvalue weighted by Gasteiger charge is -2.49. The first kappa shape index (κ1) is 19.2. The highest BCUT2D eigenvalue weighted by Gasteiger charge is 2.49. The average Bonchev–Trinajstić information content (AvgIpc) is 3.10. The van der Waals surface area contributed by atoms with Crippen LogP contribution < -0.4 is 0 Å². The van der Waals surface area contributed by atoms with Crippen molar-refractivity contribution >= 4 is 6.03 Å². The zero-order chi connectivity index (χ0) is 19.4. The van der Waals surface area contributed by atoms with Gasteiger partial charge in [0.15, 0.2) is 0 Å². The standard InChI is InChI=1S/C22H30N4O2/c1-19-3-2-10-25(12-14-28-13-6-19)21(27)26-17-22(18-26)7-11-24(16-22)15-20-4-8-23-9-5-20/h2-6,8-9H,7,10-18H2,1H3/b3-2-,19-6-. The van der Waals surface area contributed by atoms with E-state index in [4.69, 9.17) is 4.74 Å². The summed E-state index contributed by atoms with van der Waals surface area (Å²) in [6, 6.07) is 4.32. The number of urea groups is 1. The van der Waals surface area contributed by atoms with Gasteiger partial charge < -0.3 is 14.5 Å². The first-order chi connectivity index (χ1) is 13.6. The van der Waals surface area contributed by atoms with Gasteiger partial charge in [-0.1, -0.05) is 23.8 Å². The van der Waals surface area contributed by atoms with E-state index in [1.54, 1.807) is 0 Å². The molecule has 4 rings (SSSR count). The Morgan fingerprint density at radius 2 is 2.00 bits per heavy atom. The minimum Gasteiger partial charge on any atom is -0.376 e. The van der Waals surface area contributed by atoms with Gasteiger partial charge >= 0.3 is 6.03 Å². The topological polar surface area (TPSA) is 48.9 Å². The molecule has 0 bridgehead atoms. The number of hydrogen-bond donors (Lipinski definition) is 0. The highest BCUT2D eigenvalue weighted by atomic mass is 16.5. The molecule has 6 nitrogen and oxygen atoms in total. The van der Waals surface area contributed by atoms with E-state index in [9.17, 15) is 4.79 Å². The van der Waals surface area contributed by atoms with Crippen LogP contribution in [0, 0.1) is 5.41 Å². The Morgan fingerprint density at radius 3 is 2.82 bits per heavy atom. The van der Waals surface area contributed by atoms with E-state index in [2.05, 4.69) is 47.2 Å². The van der Waals surface area contributed by atoms with Crippen molar-refractivity contribution in [3.05, 3.63) is 53.9 Å². The molecule has 1 spiro atoms. The minimum absolute atomic E-state index is 0.147. The summed E-state index contributed by atoms with van der Waals surface area (Å²) in [4.78, 5) is 23.5. The third-order valence-corrected chi connectivity index (χ3v) is 6.00. The molecule has 2 amide bonds. The van der Waals surface area contributed by atoms with E-state index >= 15 is 0 Å². The van der Waals surface area contributed by atoms with Crippen molar-refractivity contribution in [2.75, 3.05) is 52.5 Å². The lowest BCUT2D eigenvalue weighted by atomic mass is 9.79. The Labute approximate surface area is 167 Å². The molecule has 0 aliphatic carbocycles. The Hall–Kier alpha value is -2.18. The molecule has 3 aliphatic rings. The molecule has 2 fully saturated rings. The van der Waals surface area contributed by atoms with Crippen molar-refractivity contribution in [1.82, 2.24) is 19.7 Å². The molecule has 3 aliphatic heterocycles. The quantitative estimate of drug-likeness (QED) is 0.789. The number of carbonyl (C=O) groups excluding carboxylic acids is 1. The first-order valence-corrected chi connectivity index (χ1v) is 10.2. The second-order valence-electron chi connectivity index (χ2n) is 8.33. The Balaban J connectivity index is 1.29. The van der Waals surface area contributed by atoms with E-state index in [1.165, 1.54) is 17.6 Å². The summed E-state index contributed by atoms with van der Waals surface area (Å²) in [7, 11) is 0. The summed E-state index contributed by atoms with van der Waals surface area (Å²) in [5.74, 6) is 0. The van der Waals surface area contributed by atoms with Gasteiger partial charge in [-0.25, -0.2) is 4.79 Å². The number of allylic oxidation sites excluding steroid dienone is 2. The fourth-order valence-corrected chi connectivity index (χ4v) is 4.41. The van der Waals surface area contributed by atoms with Gasteiger partial charge in [-0.3, -0.25) is 9.88 Å². The van der Waals surface area contributed by atoms with Gasteiger partial charge in [0.1, 0.15) is 0 Å². The summed E-state index contributed by atoms with van der Waals surface area (Å²) in [5, 5.41) is 0. The first-order valence-electron chi connectivity index (χ1n) is 10.2. The molecule has 0 radical (unpaired) electrons. The maximum absolute atomic E-state index is 13.0. The van der Waals surface area contributed by atoms with Crippen LogP contribution in [0.5, 0.6) is 0 Å². The minimum atomic E-state index is 0.147. The van der Waals surface area contributed by atoms with Crippen LogP contribution in [-0.4, -0.2) is 78.2 Å². The molecule has 0 saturated carbocycles. The molecule has 1 aromatic heterocycles. The number of rotatable bonds is 2. The number of carbonyl (C=O) groups is 1. The molecule has 28 heavy (non-hydrogen) atoms. The summed E-state index contributed by atoms with van der Waals surface area (Å²) >= 11 is 0. The highest BCUT2D eigenvalue weighted by molar-refractivity contribution is 5.76. The Kier molecular flexibility index (Phi) is 5.78. The van der Waals surface area contributed by atoms with E-state index in [-0.39, 0.29) is 11.4 Å². The number of ether oxygens (including phenoxy) is 1. The molecule has 150 valence electrons. The smallest absolute Gasteiger partial charge is 0.320 e. The SMILES string of the molecule is CC1=C/COCCN(C(=O)N2CC3(CCN(Cc4ccncc4)C3)C2)C/C=C\1. The van der Waals surface area contributed by atoms with Gasteiger partial charge in [0.2, 0.25) is 0 Å². The van der Waals surface area contributed by atoms with Crippen LogP contribution in [0.1, 0.15) is 18.9 Å². The molecule has 0 aromatic carbocycles. The largest absolute Gasteiger partial charge is 0.376 e. The summed E-state index contributed by atoms with van der Waals surface area (Å²) in [6.07, 6.45) is 11.1. The van der Waals surface area contributed by atoms with Gasteiger partial charge in [0, 0.05) is 57.1 Å². The van der Waals surface area contributed by atoms with Crippen LogP contribution in [0.2, 0.25) is 0 Å². The summed E-state index contributed by atoms with van der Waals surface area (Å²) in [6.45, 7) is 9.45. The second-order valence-corrected chi connectivity index (χ2v) is 8.33. The molecule has 2 saturated heterocycles. The van der Waals surface area contributed by atoms with Gasteiger partial charge in [0.25, 0.3) is 0 Å². The van der Waals surface area contributed by atoms with E-state index < -0.39 is 0 Å². The van der Waals surface area contributed by atoms with Crippen LogP contribution in [0.15, 0.2) is 48.3 Å². The van der Waals surface area contributed by atoms with Crippen molar-refractivity contribution < 1.29 is 9.53 Å². The Bertz CT molecular complexity index is 740. The van der Waals surface area contributed by atoms with Crippen LogP contribution >= 0.6 is 0 Å². The highest BCUT2D eigenvalue weighted by Crippen LogP contribution is 2.40. The predicted octanol–water partition coefficient (Wildman–Crippen LogP) is 2.54. The van der Waals surface area contributed by atoms with E-state index in [0.717, 1.165) is 32.7 Å². The number of nitrogens with zero attached hydrogens (tertiary/aromatic N) is 4. The number of likely N-dealkylation sites (tertiary alicyclic amines) is 2. The van der Waals surface area contributed by atoms with Gasteiger partial charge in [-0.2, -0.15) is 0 Å². The molecule has 0 N–H and O–H groups in total. The van der Waals surface area contributed by atoms with Crippen molar-refractivity contribution in [3.63, 3.8) is 0 Å².